The van der Waals surface area contributed by atoms with Gasteiger partial charge < -0.3 is 10.2 Å². The Morgan fingerprint density at radius 3 is 2.44 bits per heavy atom. The molecule has 2 aliphatic heterocycles. The number of amides is 1. The van der Waals surface area contributed by atoms with E-state index in [1.54, 1.807) is 0 Å². The Bertz CT molecular complexity index is 319. The van der Waals surface area contributed by atoms with E-state index in [0.29, 0.717) is 24.0 Å². The van der Waals surface area contributed by atoms with Crippen molar-refractivity contribution in [3.8, 4) is 0 Å². The summed E-state index contributed by atoms with van der Waals surface area (Å²) in [5.74, 6) is 1.16. The van der Waals surface area contributed by atoms with E-state index in [0.717, 1.165) is 31.8 Å². The van der Waals surface area contributed by atoms with Crippen molar-refractivity contribution in [2.45, 2.75) is 63.7 Å². The molecule has 0 aromatic rings. The molecule has 0 aromatic carbocycles. The van der Waals surface area contributed by atoms with E-state index in [-0.39, 0.29) is 6.04 Å². The van der Waals surface area contributed by atoms with Gasteiger partial charge in [-0.2, -0.15) is 0 Å². The van der Waals surface area contributed by atoms with E-state index < -0.39 is 0 Å². The fraction of sp³-hybridized carbons (Fsp3) is 0.929. The zero-order valence-electron chi connectivity index (χ0n) is 11.5. The largest absolute Gasteiger partial charge is 0.341 e. The van der Waals surface area contributed by atoms with Gasteiger partial charge in [0, 0.05) is 31.2 Å². The molecule has 1 saturated carbocycles. The van der Waals surface area contributed by atoms with Crippen LogP contribution in [0, 0.1) is 5.92 Å². The zero-order chi connectivity index (χ0) is 12.7. The van der Waals surface area contributed by atoms with Crippen molar-refractivity contribution in [2.24, 2.45) is 5.92 Å². The molecule has 2 N–H and O–H groups in total. The first-order valence-corrected chi connectivity index (χ1v) is 7.46. The van der Waals surface area contributed by atoms with Crippen molar-refractivity contribution >= 4 is 5.91 Å². The Balaban J connectivity index is 1.43. The van der Waals surface area contributed by atoms with Crippen LogP contribution in [-0.2, 0) is 4.79 Å². The lowest BCUT2D eigenvalue weighted by molar-refractivity contribution is -0.131. The van der Waals surface area contributed by atoms with Gasteiger partial charge in [0.2, 0.25) is 5.91 Å². The molecule has 0 radical (unpaired) electrons. The summed E-state index contributed by atoms with van der Waals surface area (Å²) in [6, 6.07) is 1.82. The minimum absolute atomic E-state index is 0.159. The maximum absolute atomic E-state index is 12.3. The van der Waals surface area contributed by atoms with Gasteiger partial charge in [0.1, 0.15) is 6.04 Å². The van der Waals surface area contributed by atoms with Crippen molar-refractivity contribution in [1.29, 1.82) is 0 Å². The highest BCUT2D eigenvalue weighted by Crippen LogP contribution is 2.40. The first-order chi connectivity index (χ1) is 8.65. The third-order valence-corrected chi connectivity index (χ3v) is 4.39. The average molecular weight is 251 g/mol. The standard InChI is InChI=1S/C14H25N3O/c1-9(2)15-11-5-7-17(8-6-11)14(18)13-12(16-13)10-3-4-10/h9-13,15-16H,3-8H2,1-2H3/t12-,13-/m0/s1. The summed E-state index contributed by atoms with van der Waals surface area (Å²) in [5, 5.41) is 6.93. The monoisotopic (exact) mass is 251 g/mol. The van der Waals surface area contributed by atoms with Crippen LogP contribution in [-0.4, -0.2) is 48.1 Å². The van der Waals surface area contributed by atoms with Gasteiger partial charge in [-0.3, -0.25) is 10.1 Å². The zero-order valence-corrected chi connectivity index (χ0v) is 11.5. The minimum Gasteiger partial charge on any atom is -0.341 e. The quantitative estimate of drug-likeness (QED) is 0.724. The molecule has 2 saturated heterocycles. The number of piperidine rings is 1. The highest BCUT2D eigenvalue weighted by molar-refractivity contribution is 5.86. The molecule has 3 fully saturated rings. The lowest BCUT2D eigenvalue weighted by atomic mass is 10.0. The van der Waals surface area contributed by atoms with Crippen molar-refractivity contribution < 1.29 is 4.79 Å². The second-order valence-corrected chi connectivity index (χ2v) is 6.43. The molecule has 3 rings (SSSR count). The molecule has 0 spiro atoms. The smallest absolute Gasteiger partial charge is 0.241 e. The molecule has 102 valence electrons. The number of nitrogens with zero attached hydrogens (tertiary/aromatic N) is 1. The topological polar surface area (TPSA) is 54.3 Å². The summed E-state index contributed by atoms with van der Waals surface area (Å²) in [4.78, 5) is 14.3. The van der Waals surface area contributed by atoms with Crippen LogP contribution < -0.4 is 10.6 Å². The van der Waals surface area contributed by atoms with E-state index in [9.17, 15) is 4.79 Å². The van der Waals surface area contributed by atoms with Crippen molar-refractivity contribution in [1.82, 2.24) is 15.5 Å². The summed E-state index contributed by atoms with van der Waals surface area (Å²) in [6.45, 7) is 6.23. The normalized spacial score (nSPS) is 32.9. The molecule has 0 bridgehead atoms. The summed E-state index contributed by atoms with van der Waals surface area (Å²) in [7, 11) is 0. The van der Waals surface area contributed by atoms with Gasteiger partial charge >= 0.3 is 0 Å². The Morgan fingerprint density at radius 1 is 1.22 bits per heavy atom. The van der Waals surface area contributed by atoms with Gasteiger partial charge in [0.25, 0.3) is 0 Å². The maximum Gasteiger partial charge on any atom is 0.241 e. The average Bonchev–Trinajstić information content (AvgIpc) is 3.19. The highest BCUT2D eigenvalue weighted by Gasteiger charge is 2.52. The molecule has 18 heavy (non-hydrogen) atoms. The summed E-state index contributed by atoms with van der Waals surface area (Å²) in [6.07, 6.45) is 4.85. The van der Waals surface area contributed by atoms with Crippen LogP contribution in [0.3, 0.4) is 0 Å². The fourth-order valence-corrected chi connectivity index (χ4v) is 3.17. The third kappa shape index (κ3) is 2.69. The number of hydrogen-bond acceptors (Lipinski definition) is 3. The van der Waals surface area contributed by atoms with Gasteiger partial charge in [-0.25, -0.2) is 0 Å². The summed E-state index contributed by atoms with van der Waals surface area (Å²) < 4.78 is 0. The van der Waals surface area contributed by atoms with Gasteiger partial charge in [0.15, 0.2) is 0 Å². The van der Waals surface area contributed by atoms with E-state index >= 15 is 0 Å². The molecular formula is C14H25N3O. The molecule has 2 heterocycles. The van der Waals surface area contributed by atoms with Crippen LogP contribution in [0.1, 0.15) is 39.5 Å². The molecule has 4 nitrogen and oxygen atoms in total. The SMILES string of the molecule is CC(C)NC1CCN(C(=O)[C@H]2N[C@H]2C2CC2)CC1. The minimum atomic E-state index is 0.159. The lowest BCUT2D eigenvalue weighted by Crippen LogP contribution is -2.48. The van der Waals surface area contributed by atoms with E-state index in [4.69, 9.17) is 0 Å². The molecule has 1 aliphatic carbocycles. The number of rotatable bonds is 4. The molecule has 1 amide bonds. The molecule has 0 aromatic heterocycles. The number of nitrogens with one attached hydrogen (secondary N) is 2. The van der Waals surface area contributed by atoms with Gasteiger partial charge in [-0.05, 0) is 31.6 Å². The van der Waals surface area contributed by atoms with Crippen LogP contribution in [0.2, 0.25) is 0 Å². The van der Waals surface area contributed by atoms with Crippen molar-refractivity contribution in [2.75, 3.05) is 13.1 Å². The third-order valence-electron chi connectivity index (χ3n) is 4.39. The number of carbonyl (C=O) groups is 1. The second-order valence-electron chi connectivity index (χ2n) is 6.43. The van der Waals surface area contributed by atoms with Crippen molar-refractivity contribution in [3.05, 3.63) is 0 Å². The van der Waals surface area contributed by atoms with Crippen LogP contribution >= 0.6 is 0 Å². The predicted octanol–water partition coefficient (Wildman–Crippen LogP) is 0.726. The van der Waals surface area contributed by atoms with E-state index in [1.165, 1.54) is 12.8 Å². The fourth-order valence-electron chi connectivity index (χ4n) is 3.17. The Hall–Kier alpha value is -0.610. The number of carbonyl (C=O) groups excluding carboxylic acids is 1. The maximum atomic E-state index is 12.3. The van der Waals surface area contributed by atoms with E-state index in [2.05, 4.69) is 29.4 Å². The Kier molecular flexibility index (Phi) is 3.32. The first-order valence-electron chi connectivity index (χ1n) is 7.46. The van der Waals surface area contributed by atoms with Gasteiger partial charge in [0.05, 0.1) is 0 Å². The summed E-state index contributed by atoms with van der Waals surface area (Å²) in [5.41, 5.74) is 0. The van der Waals surface area contributed by atoms with Crippen LogP contribution in [0.5, 0.6) is 0 Å². The van der Waals surface area contributed by atoms with E-state index in [1.807, 2.05) is 0 Å². The lowest BCUT2D eigenvalue weighted by Gasteiger charge is -2.33. The molecule has 3 aliphatic rings. The first kappa shape index (κ1) is 12.4. The number of hydrogen-bond donors (Lipinski definition) is 2. The van der Waals surface area contributed by atoms with Crippen LogP contribution in [0.4, 0.5) is 0 Å². The molecule has 4 heteroatoms. The van der Waals surface area contributed by atoms with Crippen molar-refractivity contribution in [3.63, 3.8) is 0 Å². The second kappa shape index (κ2) is 4.82. The van der Waals surface area contributed by atoms with Gasteiger partial charge in [-0.1, -0.05) is 13.8 Å². The Morgan fingerprint density at radius 2 is 1.89 bits per heavy atom. The highest BCUT2D eigenvalue weighted by atomic mass is 16.2. The molecule has 2 atom stereocenters. The van der Waals surface area contributed by atoms with Gasteiger partial charge in [-0.15, -0.1) is 0 Å². The van der Waals surface area contributed by atoms with Crippen LogP contribution in [0.25, 0.3) is 0 Å². The predicted molar refractivity (Wildman–Crippen MR) is 71.3 cm³/mol. The molecule has 0 unspecified atom stereocenters. The van der Waals surface area contributed by atoms with Crippen LogP contribution in [0.15, 0.2) is 0 Å². The molecular weight excluding hydrogens is 226 g/mol. The Labute approximate surface area is 109 Å². The number of likely N-dealkylation sites (tertiary alicyclic amines) is 1. The summed E-state index contributed by atoms with van der Waals surface area (Å²) >= 11 is 0.